The van der Waals surface area contributed by atoms with Gasteiger partial charge in [0.25, 0.3) is 0 Å². The third-order valence-corrected chi connectivity index (χ3v) is 4.90. The number of rotatable bonds is 5. The molecule has 1 amide bonds. The van der Waals surface area contributed by atoms with Gasteiger partial charge in [0.1, 0.15) is 5.75 Å². The predicted molar refractivity (Wildman–Crippen MR) is 108 cm³/mol. The van der Waals surface area contributed by atoms with Crippen LogP contribution in [-0.2, 0) is 11.2 Å². The van der Waals surface area contributed by atoms with Gasteiger partial charge < -0.3 is 9.64 Å². The van der Waals surface area contributed by atoms with E-state index in [0.717, 1.165) is 22.6 Å². The van der Waals surface area contributed by atoms with Gasteiger partial charge in [-0.1, -0.05) is 29.3 Å². The quantitative estimate of drug-likeness (QED) is 0.630. The van der Waals surface area contributed by atoms with Gasteiger partial charge in [-0.05, 0) is 36.4 Å². The Labute approximate surface area is 168 Å². The number of carbonyl (C=O) groups excluding carboxylic acids is 1. The number of benzene rings is 2. The molecule has 0 unspecified atom stereocenters. The molecular weight excluding hydrogens is 385 g/mol. The van der Waals surface area contributed by atoms with Crippen molar-refractivity contribution in [1.82, 2.24) is 14.7 Å². The fourth-order valence-electron chi connectivity index (χ4n) is 2.61. The molecule has 0 aliphatic heterocycles. The number of ether oxygens (including phenoxy) is 1. The van der Waals surface area contributed by atoms with Gasteiger partial charge in [-0.25, -0.2) is 4.68 Å². The molecule has 0 atom stereocenters. The lowest BCUT2D eigenvalue weighted by molar-refractivity contribution is -0.127. The van der Waals surface area contributed by atoms with Crippen LogP contribution in [0.2, 0.25) is 10.0 Å². The van der Waals surface area contributed by atoms with Gasteiger partial charge in [0.05, 0.1) is 35.0 Å². The first-order chi connectivity index (χ1) is 12.9. The third-order valence-electron chi connectivity index (χ3n) is 4.16. The highest BCUT2D eigenvalue weighted by Crippen LogP contribution is 2.30. The normalized spacial score (nSPS) is 10.7. The van der Waals surface area contributed by atoms with Crippen molar-refractivity contribution in [2.75, 3.05) is 21.2 Å². The lowest BCUT2D eigenvalue weighted by atomic mass is 10.1. The average Bonchev–Trinajstić information content (AvgIpc) is 3.07. The van der Waals surface area contributed by atoms with Crippen LogP contribution >= 0.6 is 23.2 Å². The summed E-state index contributed by atoms with van der Waals surface area (Å²) >= 11 is 12.2. The molecule has 0 spiro atoms. The van der Waals surface area contributed by atoms with E-state index in [1.54, 1.807) is 42.9 Å². The van der Waals surface area contributed by atoms with Crippen LogP contribution in [0.15, 0.2) is 48.7 Å². The molecule has 0 N–H and O–H groups in total. The topological polar surface area (TPSA) is 47.4 Å². The zero-order valence-electron chi connectivity index (χ0n) is 15.2. The van der Waals surface area contributed by atoms with Crippen molar-refractivity contribution < 1.29 is 9.53 Å². The van der Waals surface area contributed by atoms with Crippen LogP contribution < -0.4 is 4.74 Å². The van der Waals surface area contributed by atoms with Crippen molar-refractivity contribution in [3.05, 3.63) is 64.3 Å². The van der Waals surface area contributed by atoms with Crippen LogP contribution in [0.5, 0.6) is 5.75 Å². The van der Waals surface area contributed by atoms with E-state index in [-0.39, 0.29) is 12.3 Å². The lowest BCUT2D eigenvalue weighted by Crippen LogP contribution is -2.23. The van der Waals surface area contributed by atoms with E-state index in [4.69, 9.17) is 33.0 Å². The first-order valence-corrected chi connectivity index (χ1v) is 9.03. The van der Waals surface area contributed by atoms with Crippen LogP contribution in [0.25, 0.3) is 16.9 Å². The zero-order chi connectivity index (χ0) is 19.6. The summed E-state index contributed by atoms with van der Waals surface area (Å²) < 4.78 is 6.95. The molecule has 27 heavy (non-hydrogen) atoms. The first-order valence-electron chi connectivity index (χ1n) is 8.27. The fraction of sp³-hybridized carbons (Fsp3) is 0.200. The summed E-state index contributed by atoms with van der Waals surface area (Å²) in [5.74, 6) is 0.754. The summed E-state index contributed by atoms with van der Waals surface area (Å²) in [5, 5.41) is 5.61. The number of aromatic nitrogens is 2. The molecule has 3 rings (SSSR count). The van der Waals surface area contributed by atoms with Crippen LogP contribution in [0.3, 0.4) is 0 Å². The summed E-state index contributed by atoms with van der Waals surface area (Å²) in [6.07, 6.45) is 2.10. The second kappa shape index (κ2) is 8.03. The molecule has 140 valence electrons. The summed E-state index contributed by atoms with van der Waals surface area (Å²) in [5.41, 5.74) is 3.17. The van der Waals surface area contributed by atoms with Gasteiger partial charge in [-0.2, -0.15) is 5.10 Å². The number of hydrogen-bond acceptors (Lipinski definition) is 3. The van der Waals surface area contributed by atoms with Crippen LogP contribution in [-0.4, -0.2) is 41.8 Å². The Bertz CT molecular complexity index is 966. The minimum absolute atomic E-state index is 0.00871. The molecule has 0 fully saturated rings. The number of likely N-dealkylation sites (N-methyl/N-ethyl adjacent to an activating group) is 1. The van der Waals surface area contributed by atoms with E-state index in [0.29, 0.717) is 15.7 Å². The highest BCUT2D eigenvalue weighted by molar-refractivity contribution is 6.42. The standard InChI is InChI=1S/C20H19Cl2N3O2/c1-24(2)19(26)11-14-12-25(15-5-7-16(27-3)8-6-15)23-20(14)13-4-9-17(21)18(22)10-13/h4-10,12H,11H2,1-3H3. The third kappa shape index (κ3) is 4.26. The molecule has 5 nitrogen and oxygen atoms in total. The number of nitrogens with zero attached hydrogens (tertiary/aromatic N) is 3. The molecular formula is C20H19Cl2N3O2. The molecule has 0 aliphatic carbocycles. The van der Waals surface area contributed by atoms with E-state index in [2.05, 4.69) is 0 Å². The average molecular weight is 404 g/mol. The monoisotopic (exact) mass is 403 g/mol. The summed E-state index contributed by atoms with van der Waals surface area (Å²) in [7, 11) is 5.08. The Morgan fingerprint density at radius 1 is 1.11 bits per heavy atom. The Kier molecular flexibility index (Phi) is 5.73. The second-order valence-corrected chi connectivity index (χ2v) is 7.05. The van der Waals surface area contributed by atoms with E-state index in [9.17, 15) is 4.79 Å². The largest absolute Gasteiger partial charge is 0.497 e. The highest BCUT2D eigenvalue weighted by Gasteiger charge is 2.17. The first kappa shape index (κ1) is 19.3. The number of methoxy groups -OCH3 is 1. The molecule has 0 bridgehead atoms. The molecule has 2 aromatic carbocycles. The number of halogens is 2. The van der Waals surface area contributed by atoms with Crippen molar-refractivity contribution in [2.24, 2.45) is 0 Å². The maximum Gasteiger partial charge on any atom is 0.226 e. The highest BCUT2D eigenvalue weighted by atomic mass is 35.5. The number of carbonyl (C=O) groups is 1. The molecule has 1 heterocycles. The van der Waals surface area contributed by atoms with Gasteiger partial charge in [-0.15, -0.1) is 0 Å². The maximum atomic E-state index is 12.3. The summed E-state index contributed by atoms with van der Waals surface area (Å²) in [6, 6.07) is 12.9. The van der Waals surface area contributed by atoms with Crippen LogP contribution in [0.4, 0.5) is 0 Å². The van der Waals surface area contributed by atoms with Gasteiger partial charge in [-0.3, -0.25) is 4.79 Å². The van der Waals surface area contributed by atoms with E-state index in [1.807, 2.05) is 36.5 Å². The Morgan fingerprint density at radius 2 is 1.81 bits per heavy atom. The Balaban J connectivity index is 2.07. The van der Waals surface area contributed by atoms with Crippen molar-refractivity contribution in [2.45, 2.75) is 6.42 Å². The Hall–Kier alpha value is -2.50. The molecule has 0 saturated carbocycles. The van der Waals surface area contributed by atoms with Crippen molar-refractivity contribution >= 4 is 29.1 Å². The van der Waals surface area contributed by atoms with Gasteiger partial charge in [0.2, 0.25) is 5.91 Å². The molecule has 0 aliphatic rings. The van der Waals surface area contributed by atoms with Crippen LogP contribution in [0.1, 0.15) is 5.56 Å². The Morgan fingerprint density at radius 3 is 2.41 bits per heavy atom. The minimum Gasteiger partial charge on any atom is -0.497 e. The minimum atomic E-state index is -0.00871. The van der Waals surface area contributed by atoms with E-state index < -0.39 is 0 Å². The van der Waals surface area contributed by atoms with Gasteiger partial charge >= 0.3 is 0 Å². The second-order valence-electron chi connectivity index (χ2n) is 6.24. The number of amides is 1. The molecule has 7 heteroatoms. The van der Waals surface area contributed by atoms with E-state index >= 15 is 0 Å². The molecule has 3 aromatic rings. The van der Waals surface area contributed by atoms with Gasteiger partial charge in [0.15, 0.2) is 0 Å². The summed E-state index contributed by atoms with van der Waals surface area (Å²) in [4.78, 5) is 13.8. The summed E-state index contributed by atoms with van der Waals surface area (Å²) in [6.45, 7) is 0. The van der Waals surface area contributed by atoms with Crippen molar-refractivity contribution in [3.63, 3.8) is 0 Å². The smallest absolute Gasteiger partial charge is 0.226 e. The molecule has 0 radical (unpaired) electrons. The van der Waals surface area contributed by atoms with Crippen molar-refractivity contribution in [1.29, 1.82) is 0 Å². The predicted octanol–water partition coefficient (Wildman–Crippen LogP) is 4.49. The molecule has 1 aromatic heterocycles. The zero-order valence-corrected chi connectivity index (χ0v) is 16.8. The van der Waals surface area contributed by atoms with Crippen LogP contribution in [0, 0.1) is 0 Å². The fourth-order valence-corrected chi connectivity index (χ4v) is 2.91. The number of hydrogen-bond donors (Lipinski definition) is 0. The maximum absolute atomic E-state index is 12.3. The lowest BCUT2D eigenvalue weighted by Gasteiger charge is -2.10. The van der Waals surface area contributed by atoms with Crippen molar-refractivity contribution in [3.8, 4) is 22.7 Å². The molecule has 0 saturated heterocycles. The van der Waals surface area contributed by atoms with Gasteiger partial charge in [0, 0.05) is 31.4 Å². The SMILES string of the molecule is COc1ccc(-n2cc(CC(=O)N(C)C)c(-c3ccc(Cl)c(Cl)c3)n2)cc1. The van der Waals surface area contributed by atoms with E-state index in [1.165, 1.54) is 0 Å².